The van der Waals surface area contributed by atoms with Crippen molar-refractivity contribution in [3.05, 3.63) is 0 Å². The summed E-state index contributed by atoms with van der Waals surface area (Å²) < 4.78 is 10.6. The molecule has 322 valence electrons. The molecule has 5 nitrogen and oxygen atoms in total. The van der Waals surface area contributed by atoms with E-state index >= 15 is 0 Å². The van der Waals surface area contributed by atoms with E-state index in [9.17, 15) is 14.7 Å². The van der Waals surface area contributed by atoms with Crippen molar-refractivity contribution in [2.24, 2.45) is 0 Å². The van der Waals surface area contributed by atoms with Gasteiger partial charge in [0.1, 0.15) is 6.61 Å². The first kappa shape index (κ1) is 52.9. The molecule has 0 aromatic rings. The third-order valence-corrected chi connectivity index (χ3v) is 11.4. The van der Waals surface area contributed by atoms with Crippen molar-refractivity contribution in [1.29, 1.82) is 0 Å². The predicted octanol–water partition coefficient (Wildman–Crippen LogP) is 15.9. The van der Waals surface area contributed by atoms with Gasteiger partial charge in [0.05, 0.1) is 6.61 Å². The Morgan fingerprint density at radius 3 is 0.815 bits per heavy atom. The van der Waals surface area contributed by atoms with Gasteiger partial charge in [0.2, 0.25) is 0 Å². The Hall–Kier alpha value is -1.10. The number of rotatable bonds is 46. The third-order valence-electron chi connectivity index (χ3n) is 11.4. The van der Waals surface area contributed by atoms with Crippen molar-refractivity contribution in [1.82, 2.24) is 0 Å². The number of unbranched alkanes of at least 4 members (excludes halogenated alkanes) is 38. The van der Waals surface area contributed by atoms with Gasteiger partial charge in [-0.2, -0.15) is 0 Å². The smallest absolute Gasteiger partial charge is 0.306 e. The topological polar surface area (TPSA) is 72.8 Å². The molecule has 0 aromatic carbocycles. The van der Waals surface area contributed by atoms with Crippen molar-refractivity contribution in [3.63, 3.8) is 0 Å². The fraction of sp³-hybridized carbons (Fsp3) is 0.959. The second kappa shape index (κ2) is 46.3. The van der Waals surface area contributed by atoms with Crippen molar-refractivity contribution < 1.29 is 24.2 Å². The third kappa shape index (κ3) is 43.6. The Balaban J connectivity index is 3.30. The zero-order valence-corrected chi connectivity index (χ0v) is 36.8. The van der Waals surface area contributed by atoms with Gasteiger partial charge < -0.3 is 14.6 Å². The number of carbonyl (C=O) groups is 2. The Labute approximate surface area is 338 Å². The van der Waals surface area contributed by atoms with Gasteiger partial charge in [0.15, 0.2) is 6.10 Å². The molecule has 1 unspecified atom stereocenters. The first-order valence-corrected chi connectivity index (χ1v) is 24.6. The summed E-state index contributed by atoms with van der Waals surface area (Å²) in [6.07, 6.45) is 53.9. The van der Waals surface area contributed by atoms with E-state index in [0.29, 0.717) is 12.8 Å². The van der Waals surface area contributed by atoms with Crippen LogP contribution in [0.15, 0.2) is 0 Å². The number of hydrogen-bond donors (Lipinski definition) is 1. The van der Waals surface area contributed by atoms with E-state index in [1.807, 2.05) is 0 Å². The van der Waals surface area contributed by atoms with Crippen LogP contribution < -0.4 is 0 Å². The van der Waals surface area contributed by atoms with Gasteiger partial charge in [-0.1, -0.05) is 258 Å². The summed E-state index contributed by atoms with van der Waals surface area (Å²) in [6, 6.07) is 0. The van der Waals surface area contributed by atoms with Gasteiger partial charge in [-0.3, -0.25) is 9.59 Å². The molecule has 1 atom stereocenters. The van der Waals surface area contributed by atoms with E-state index in [0.717, 1.165) is 38.5 Å². The van der Waals surface area contributed by atoms with Gasteiger partial charge >= 0.3 is 11.9 Å². The van der Waals surface area contributed by atoms with Crippen LogP contribution in [0.1, 0.15) is 284 Å². The second-order valence-corrected chi connectivity index (χ2v) is 16.9. The lowest BCUT2D eigenvalue weighted by Gasteiger charge is -2.15. The van der Waals surface area contributed by atoms with E-state index in [-0.39, 0.29) is 25.2 Å². The van der Waals surface area contributed by atoms with Crippen LogP contribution >= 0.6 is 0 Å². The summed E-state index contributed by atoms with van der Waals surface area (Å²) in [6.45, 7) is 4.13. The van der Waals surface area contributed by atoms with Gasteiger partial charge in [-0.05, 0) is 12.8 Å². The van der Waals surface area contributed by atoms with Crippen LogP contribution in [0.5, 0.6) is 0 Å². The molecule has 0 aromatic heterocycles. The average Bonchev–Trinajstić information content (AvgIpc) is 3.17. The molecule has 0 aliphatic carbocycles. The molecule has 0 aliphatic rings. The Kier molecular flexibility index (Phi) is 45.3. The molecule has 0 heterocycles. The quantitative estimate of drug-likeness (QED) is 0.0494. The van der Waals surface area contributed by atoms with Crippen LogP contribution in [0, 0.1) is 0 Å². The maximum absolute atomic E-state index is 12.2. The molecule has 0 aliphatic heterocycles. The van der Waals surface area contributed by atoms with Crippen molar-refractivity contribution >= 4 is 11.9 Å². The SMILES string of the molecule is CCCCCCCCCCCCCCCCCCCCCCCCCCCCCCCCCCCC(=O)OC(CO)COC(=O)CCCCCCCCC. The number of esters is 2. The highest BCUT2D eigenvalue weighted by molar-refractivity contribution is 5.70. The summed E-state index contributed by atoms with van der Waals surface area (Å²) in [7, 11) is 0. The monoisotopic (exact) mass is 765 g/mol. The van der Waals surface area contributed by atoms with Crippen LogP contribution in [0.25, 0.3) is 0 Å². The van der Waals surface area contributed by atoms with Gasteiger partial charge in [0, 0.05) is 12.8 Å². The van der Waals surface area contributed by atoms with Gasteiger partial charge in [-0.25, -0.2) is 0 Å². The van der Waals surface area contributed by atoms with E-state index in [4.69, 9.17) is 9.47 Å². The molecule has 5 heteroatoms. The first-order chi connectivity index (χ1) is 26.6. The van der Waals surface area contributed by atoms with Crippen molar-refractivity contribution in [2.75, 3.05) is 13.2 Å². The number of hydrogen-bond acceptors (Lipinski definition) is 5. The minimum absolute atomic E-state index is 0.0583. The highest BCUT2D eigenvalue weighted by atomic mass is 16.6. The van der Waals surface area contributed by atoms with Crippen LogP contribution in [-0.4, -0.2) is 36.4 Å². The molecule has 0 radical (unpaired) electrons. The number of aliphatic hydroxyl groups is 1. The second-order valence-electron chi connectivity index (χ2n) is 16.9. The Morgan fingerprint density at radius 1 is 0.352 bits per heavy atom. The zero-order valence-electron chi connectivity index (χ0n) is 36.8. The molecule has 0 rings (SSSR count). The molecule has 0 saturated carbocycles. The number of aliphatic hydroxyl groups excluding tert-OH is 1. The first-order valence-electron chi connectivity index (χ1n) is 24.6. The largest absolute Gasteiger partial charge is 0.462 e. The van der Waals surface area contributed by atoms with Crippen molar-refractivity contribution in [3.8, 4) is 0 Å². The predicted molar refractivity (Wildman–Crippen MR) is 233 cm³/mol. The maximum Gasteiger partial charge on any atom is 0.306 e. The number of carbonyl (C=O) groups excluding carboxylic acids is 2. The maximum atomic E-state index is 12.2. The number of ether oxygens (including phenoxy) is 2. The molecule has 0 spiro atoms. The van der Waals surface area contributed by atoms with E-state index in [2.05, 4.69) is 13.8 Å². The van der Waals surface area contributed by atoms with Gasteiger partial charge in [-0.15, -0.1) is 0 Å². The molecular weight excluding hydrogens is 669 g/mol. The van der Waals surface area contributed by atoms with Crippen LogP contribution in [0.2, 0.25) is 0 Å². The lowest BCUT2D eigenvalue weighted by molar-refractivity contribution is -0.161. The van der Waals surface area contributed by atoms with Crippen LogP contribution in [-0.2, 0) is 19.1 Å². The minimum atomic E-state index is -0.760. The zero-order chi connectivity index (χ0) is 39.3. The van der Waals surface area contributed by atoms with Crippen LogP contribution in [0.3, 0.4) is 0 Å². The molecule has 0 bridgehead atoms. The molecular formula is C49H96O5. The summed E-state index contributed by atoms with van der Waals surface area (Å²) >= 11 is 0. The normalized spacial score (nSPS) is 12.0. The Bertz CT molecular complexity index is 740. The van der Waals surface area contributed by atoms with Gasteiger partial charge in [0.25, 0.3) is 0 Å². The summed E-state index contributed by atoms with van der Waals surface area (Å²) in [5, 5.41) is 9.53. The molecule has 0 amide bonds. The highest BCUT2D eigenvalue weighted by Gasteiger charge is 2.16. The molecule has 0 fully saturated rings. The molecule has 0 saturated heterocycles. The summed E-state index contributed by atoms with van der Waals surface area (Å²) in [5.41, 5.74) is 0. The summed E-state index contributed by atoms with van der Waals surface area (Å²) in [4.78, 5) is 24.1. The Morgan fingerprint density at radius 2 is 0.574 bits per heavy atom. The lowest BCUT2D eigenvalue weighted by Crippen LogP contribution is -2.28. The fourth-order valence-electron chi connectivity index (χ4n) is 7.68. The standard InChI is InChI=1S/C49H96O5/c1-3-5-7-9-11-12-13-14-15-16-17-18-19-20-21-22-23-24-25-26-27-28-29-30-31-32-33-34-35-36-38-40-42-44-49(52)54-47(45-50)46-53-48(51)43-41-39-37-10-8-6-4-2/h47,50H,3-46H2,1-2H3. The highest BCUT2D eigenvalue weighted by Crippen LogP contribution is 2.17. The summed E-state index contributed by atoms with van der Waals surface area (Å²) in [5.74, 6) is -0.581. The fourth-order valence-corrected chi connectivity index (χ4v) is 7.68. The minimum Gasteiger partial charge on any atom is -0.462 e. The molecule has 54 heavy (non-hydrogen) atoms. The van der Waals surface area contributed by atoms with Crippen LogP contribution in [0.4, 0.5) is 0 Å². The lowest BCUT2D eigenvalue weighted by atomic mass is 10.0. The van der Waals surface area contributed by atoms with Crippen molar-refractivity contribution in [2.45, 2.75) is 290 Å². The molecule has 1 N–H and O–H groups in total. The van der Waals surface area contributed by atoms with E-state index in [1.165, 1.54) is 218 Å². The van der Waals surface area contributed by atoms with E-state index < -0.39 is 6.10 Å². The van der Waals surface area contributed by atoms with E-state index in [1.54, 1.807) is 0 Å². The average molecular weight is 765 g/mol.